The zero-order valence-corrected chi connectivity index (χ0v) is 11.1. The van der Waals surface area contributed by atoms with Crippen molar-refractivity contribution in [2.75, 3.05) is 0 Å². The zero-order valence-electron chi connectivity index (χ0n) is 11.1. The predicted molar refractivity (Wildman–Crippen MR) is 67.3 cm³/mol. The summed E-state index contributed by atoms with van der Waals surface area (Å²) >= 11 is 0. The number of carbonyl (C=O) groups is 3. The molecule has 2 amide bonds. The van der Waals surface area contributed by atoms with Crippen molar-refractivity contribution in [3.05, 3.63) is 0 Å². The third-order valence-electron chi connectivity index (χ3n) is 4.34. The molecule has 1 saturated carbocycles. The SMILES string of the molecule is CC1CCCCC1(NC(=O)[C@H]1CCC(=O)N1)C(=O)O. The van der Waals surface area contributed by atoms with Gasteiger partial charge in [-0.25, -0.2) is 4.79 Å². The van der Waals surface area contributed by atoms with E-state index in [0.29, 0.717) is 19.3 Å². The van der Waals surface area contributed by atoms with E-state index in [1.165, 1.54) is 0 Å². The molecule has 2 fully saturated rings. The van der Waals surface area contributed by atoms with Crippen molar-refractivity contribution >= 4 is 17.8 Å². The van der Waals surface area contributed by atoms with E-state index in [4.69, 9.17) is 0 Å². The first-order valence-electron chi connectivity index (χ1n) is 6.80. The molecule has 0 radical (unpaired) electrons. The molecule has 6 nitrogen and oxygen atoms in total. The summed E-state index contributed by atoms with van der Waals surface area (Å²) in [6.07, 6.45) is 3.81. The van der Waals surface area contributed by atoms with Gasteiger partial charge in [0.15, 0.2) is 0 Å². The van der Waals surface area contributed by atoms with Gasteiger partial charge in [0.1, 0.15) is 11.6 Å². The predicted octanol–water partition coefficient (Wildman–Crippen LogP) is 0.415. The number of hydrogen-bond donors (Lipinski definition) is 3. The number of amides is 2. The Balaban J connectivity index is 2.10. The lowest BCUT2D eigenvalue weighted by molar-refractivity contribution is -0.152. The molecule has 0 bridgehead atoms. The van der Waals surface area contributed by atoms with Crippen molar-refractivity contribution in [1.82, 2.24) is 10.6 Å². The van der Waals surface area contributed by atoms with Crippen LogP contribution in [-0.4, -0.2) is 34.5 Å². The molecule has 1 heterocycles. The van der Waals surface area contributed by atoms with Gasteiger partial charge in [0.25, 0.3) is 0 Å². The number of rotatable bonds is 3. The maximum Gasteiger partial charge on any atom is 0.329 e. The van der Waals surface area contributed by atoms with Crippen LogP contribution >= 0.6 is 0 Å². The van der Waals surface area contributed by atoms with Crippen molar-refractivity contribution in [2.24, 2.45) is 5.92 Å². The van der Waals surface area contributed by atoms with Crippen LogP contribution in [-0.2, 0) is 14.4 Å². The van der Waals surface area contributed by atoms with Crippen molar-refractivity contribution in [2.45, 2.75) is 57.0 Å². The molecule has 6 heteroatoms. The van der Waals surface area contributed by atoms with Gasteiger partial charge in [0, 0.05) is 6.42 Å². The Morgan fingerprint density at radius 2 is 2.11 bits per heavy atom. The third kappa shape index (κ3) is 2.57. The Hall–Kier alpha value is -1.59. The van der Waals surface area contributed by atoms with Gasteiger partial charge in [-0.3, -0.25) is 9.59 Å². The fourth-order valence-corrected chi connectivity index (χ4v) is 3.02. The second kappa shape index (κ2) is 5.19. The van der Waals surface area contributed by atoms with Crippen LogP contribution in [0.4, 0.5) is 0 Å². The summed E-state index contributed by atoms with van der Waals surface area (Å²) in [6, 6.07) is -0.585. The normalized spacial score (nSPS) is 34.7. The van der Waals surface area contributed by atoms with Crippen LogP contribution in [0.2, 0.25) is 0 Å². The van der Waals surface area contributed by atoms with Gasteiger partial charge in [0.2, 0.25) is 11.8 Å². The molecule has 0 aromatic rings. The van der Waals surface area contributed by atoms with E-state index in [-0.39, 0.29) is 17.7 Å². The quantitative estimate of drug-likeness (QED) is 0.691. The Kier molecular flexibility index (Phi) is 3.78. The number of carboxylic acids is 1. The van der Waals surface area contributed by atoms with Crippen LogP contribution in [0.25, 0.3) is 0 Å². The average molecular weight is 268 g/mol. The van der Waals surface area contributed by atoms with E-state index in [0.717, 1.165) is 19.3 Å². The molecule has 0 aromatic carbocycles. The molecule has 2 unspecified atom stereocenters. The van der Waals surface area contributed by atoms with E-state index in [1.807, 2.05) is 6.92 Å². The van der Waals surface area contributed by atoms with Crippen LogP contribution in [0.3, 0.4) is 0 Å². The topological polar surface area (TPSA) is 95.5 Å². The summed E-state index contributed by atoms with van der Waals surface area (Å²) in [5.41, 5.74) is -1.18. The number of aliphatic carboxylic acids is 1. The monoisotopic (exact) mass is 268 g/mol. The number of carbonyl (C=O) groups excluding carboxylic acids is 2. The van der Waals surface area contributed by atoms with Gasteiger partial charge in [-0.15, -0.1) is 0 Å². The molecule has 1 aliphatic heterocycles. The molecule has 2 aliphatic rings. The zero-order chi connectivity index (χ0) is 14.0. The molecule has 1 saturated heterocycles. The fourth-order valence-electron chi connectivity index (χ4n) is 3.02. The van der Waals surface area contributed by atoms with Crippen LogP contribution in [0.15, 0.2) is 0 Å². The highest BCUT2D eigenvalue weighted by Crippen LogP contribution is 2.34. The first-order valence-corrected chi connectivity index (χ1v) is 6.80. The van der Waals surface area contributed by atoms with E-state index >= 15 is 0 Å². The standard InChI is InChI=1S/C13H20N2O4/c1-8-4-2-3-7-13(8,12(18)19)15-11(17)9-5-6-10(16)14-9/h8-9H,2-7H2,1H3,(H,14,16)(H,15,17)(H,18,19)/t8?,9-,13?/m1/s1. The second-order valence-electron chi connectivity index (χ2n) is 5.57. The molecule has 19 heavy (non-hydrogen) atoms. The van der Waals surface area contributed by atoms with Gasteiger partial charge in [-0.05, 0) is 25.2 Å². The lowest BCUT2D eigenvalue weighted by Gasteiger charge is -2.40. The van der Waals surface area contributed by atoms with E-state index in [9.17, 15) is 19.5 Å². The Morgan fingerprint density at radius 3 is 2.63 bits per heavy atom. The number of hydrogen-bond acceptors (Lipinski definition) is 3. The summed E-state index contributed by atoms with van der Waals surface area (Å²) in [4.78, 5) is 34.8. The van der Waals surface area contributed by atoms with Gasteiger partial charge in [-0.2, -0.15) is 0 Å². The highest BCUT2D eigenvalue weighted by Gasteiger charge is 2.47. The van der Waals surface area contributed by atoms with Crippen molar-refractivity contribution in [3.63, 3.8) is 0 Å². The molecular formula is C13H20N2O4. The summed E-state index contributed by atoms with van der Waals surface area (Å²) in [5.74, 6) is -1.60. The highest BCUT2D eigenvalue weighted by molar-refractivity contribution is 5.94. The first-order chi connectivity index (χ1) is 8.95. The number of carboxylic acid groups (broad SMARTS) is 1. The molecule has 2 rings (SSSR count). The van der Waals surface area contributed by atoms with E-state index < -0.39 is 17.6 Å². The molecule has 106 valence electrons. The Morgan fingerprint density at radius 1 is 1.37 bits per heavy atom. The largest absolute Gasteiger partial charge is 0.479 e. The molecule has 3 N–H and O–H groups in total. The maximum absolute atomic E-state index is 12.1. The maximum atomic E-state index is 12.1. The average Bonchev–Trinajstić information content (AvgIpc) is 2.78. The minimum Gasteiger partial charge on any atom is -0.479 e. The number of nitrogens with one attached hydrogen (secondary N) is 2. The lowest BCUT2D eigenvalue weighted by atomic mass is 9.73. The van der Waals surface area contributed by atoms with Crippen LogP contribution in [0, 0.1) is 5.92 Å². The van der Waals surface area contributed by atoms with E-state index in [2.05, 4.69) is 10.6 Å². The summed E-state index contributed by atoms with van der Waals surface area (Å²) in [6.45, 7) is 1.86. The van der Waals surface area contributed by atoms with Gasteiger partial charge in [-0.1, -0.05) is 19.8 Å². The van der Waals surface area contributed by atoms with E-state index in [1.54, 1.807) is 0 Å². The summed E-state index contributed by atoms with van der Waals surface area (Å²) in [7, 11) is 0. The van der Waals surface area contributed by atoms with Crippen LogP contribution in [0.1, 0.15) is 45.4 Å². The van der Waals surface area contributed by atoms with Gasteiger partial charge in [0.05, 0.1) is 0 Å². The highest BCUT2D eigenvalue weighted by atomic mass is 16.4. The molecule has 1 aliphatic carbocycles. The summed E-state index contributed by atoms with van der Waals surface area (Å²) < 4.78 is 0. The van der Waals surface area contributed by atoms with Crippen molar-refractivity contribution < 1.29 is 19.5 Å². The van der Waals surface area contributed by atoms with Gasteiger partial charge < -0.3 is 15.7 Å². The van der Waals surface area contributed by atoms with Crippen LogP contribution < -0.4 is 10.6 Å². The Bertz CT molecular complexity index is 409. The van der Waals surface area contributed by atoms with Crippen LogP contribution in [0.5, 0.6) is 0 Å². The smallest absolute Gasteiger partial charge is 0.329 e. The minimum atomic E-state index is -1.18. The second-order valence-corrected chi connectivity index (χ2v) is 5.57. The minimum absolute atomic E-state index is 0.0974. The molecule has 0 spiro atoms. The molecule has 3 atom stereocenters. The summed E-state index contributed by atoms with van der Waals surface area (Å²) in [5, 5.41) is 14.8. The van der Waals surface area contributed by atoms with Crippen molar-refractivity contribution in [1.29, 1.82) is 0 Å². The Labute approximate surface area is 111 Å². The third-order valence-corrected chi connectivity index (χ3v) is 4.34. The molecule has 0 aromatic heterocycles. The fraction of sp³-hybridized carbons (Fsp3) is 0.769. The molecular weight excluding hydrogens is 248 g/mol. The van der Waals surface area contributed by atoms with Crippen molar-refractivity contribution in [3.8, 4) is 0 Å². The first kappa shape index (κ1) is 13.8. The van der Waals surface area contributed by atoms with Gasteiger partial charge >= 0.3 is 5.97 Å². The lowest BCUT2D eigenvalue weighted by Crippen LogP contribution is -2.62.